The number of anilines is 1. The van der Waals surface area contributed by atoms with Crippen molar-refractivity contribution in [2.75, 3.05) is 5.32 Å². The molecule has 2 unspecified atom stereocenters. The van der Waals surface area contributed by atoms with Gasteiger partial charge in [0.2, 0.25) is 0 Å². The fourth-order valence-electron chi connectivity index (χ4n) is 2.56. The molecule has 2 rings (SSSR count). The van der Waals surface area contributed by atoms with Crippen molar-refractivity contribution in [3.8, 4) is 0 Å². The number of nitrogens with one attached hydrogen (secondary N) is 2. The Morgan fingerprint density at radius 3 is 2.81 bits per heavy atom. The number of benzene rings is 1. The van der Waals surface area contributed by atoms with Gasteiger partial charge in [-0.15, -0.1) is 0 Å². The molecule has 0 heterocycles. The van der Waals surface area contributed by atoms with E-state index in [9.17, 15) is 14.7 Å². The Kier molecular flexibility index (Phi) is 4.98. The van der Waals surface area contributed by atoms with Crippen LogP contribution in [0.1, 0.15) is 26.2 Å². The summed E-state index contributed by atoms with van der Waals surface area (Å²) < 4.78 is 0.822. The van der Waals surface area contributed by atoms with Crippen molar-refractivity contribution in [2.45, 2.75) is 32.2 Å². The van der Waals surface area contributed by atoms with Gasteiger partial charge >= 0.3 is 12.0 Å². The molecule has 0 spiro atoms. The van der Waals surface area contributed by atoms with Crippen LogP contribution in [0.4, 0.5) is 10.5 Å². The summed E-state index contributed by atoms with van der Waals surface area (Å²) in [5.74, 6) is -0.869. The van der Waals surface area contributed by atoms with Crippen LogP contribution in [-0.2, 0) is 4.79 Å². The highest BCUT2D eigenvalue weighted by molar-refractivity contribution is 14.1. The van der Waals surface area contributed by atoms with E-state index in [1.807, 2.05) is 0 Å². The van der Waals surface area contributed by atoms with E-state index in [0.717, 1.165) is 9.99 Å². The first-order valence-corrected chi connectivity index (χ1v) is 8.04. The van der Waals surface area contributed by atoms with E-state index in [1.165, 1.54) is 0 Å². The van der Waals surface area contributed by atoms with Crippen LogP contribution in [0.25, 0.3) is 0 Å². The molecular weight excluding hydrogens is 407 g/mol. The summed E-state index contributed by atoms with van der Waals surface area (Å²) in [4.78, 5) is 23.4. The molecule has 1 aliphatic carbocycles. The maximum Gasteiger partial charge on any atom is 0.319 e. The number of carboxylic acids is 1. The minimum atomic E-state index is -0.898. The summed E-state index contributed by atoms with van der Waals surface area (Å²) in [6.07, 6.45) is 2.05. The summed E-state index contributed by atoms with van der Waals surface area (Å²) in [7, 11) is 0. The molecular formula is C14H16ClIN2O3. The third-order valence-electron chi connectivity index (χ3n) is 3.93. The Hall–Kier alpha value is -1.02. The quantitative estimate of drug-likeness (QED) is 0.650. The van der Waals surface area contributed by atoms with E-state index in [0.29, 0.717) is 23.6 Å². The van der Waals surface area contributed by atoms with Gasteiger partial charge in [0.05, 0.1) is 11.1 Å². The number of amides is 2. The van der Waals surface area contributed by atoms with Gasteiger partial charge in [-0.05, 0) is 60.6 Å². The van der Waals surface area contributed by atoms with E-state index in [4.69, 9.17) is 11.6 Å². The van der Waals surface area contributed by atoms with Crippen molar-refractivity contribution >= 4 is 51.9 Å². The minimum Gasteiger partial charge on any atom is -0.481 e. The SMILES string of the molecule is CC1(C(=O)O)CCCC1NC(=O)Nc1ccc(Cl)cc1I. The molecule has 2 atom stereocenters. The van der Waals surface area contributed by atoms with E-state index in [2.05, 4.69) is 33.2 Å². The summed E-state index contributed by atoms with van der Waals surface area (Å²) in [6, 6.07) is 4.40. The van der Waals surface area contributed by atoms with Crippen LogP contribution in [0.5, 0.6) is 0 Å². The van der Waals surface area contributed by atoms with E-state index in [1.54, 1.807) is 25.1 Å². The lowest BCUT2D eigenvalue weighted by molar-refractivity contribution is -0.148. The first-order valence-electron chi connectivity index (χ1n) is 6.59. The monoisotopic (exact) mass is 422 g/mol. The highest BCUT2D eigenvalue weighted by atomic mass is 127. The van der Waals surface area contributed by atoms with Crippen LogP contribution in [0.15, 0.2) is 18.2 Å². The Balaban J connectivity index is 2.03. The first-order chi connectivity index (χ1) is 9.83. The maximum atomic E-state index is 12.1. The summed E-state index contributed by atoms with van der Waals surface area (Å²) in [5.41, 5.74) is -0.252. The molecule has 5 nitrogen and oxygen atoms in total. The second-order valence-electron chi connectivity index (χ2n) is 5.39. The third kappa shape index (κ3) is 3.60. The number of hydrogen-bond donors (Lipinski definition) is 3. The number of aliphatic carboxylic acids is 1. The van der Waals surface area contributed by atoms with Gasteiger partial charge < -0.3 is 15.7 Å². The van der Waals surface area contributed by atoms with Gasteiger partial charge in [0.25, 0.3) is 0 Å². The number of rotatable bonds is 3. The zero-order valence-electron chi connectivity index (χ0n) is 11.5. The van der Waals surface area contributed by atoms with Crippen molar-refractivity contribution in [1.82, 2.24) is 5.32 Å². The van der Waals surface area contributed by atoms with E-state index < -0.39 is 17.4 Å². The molecule has 3 N–H and O–H groups in total. The van der Waals surface area contributed by atoms with E-state index in [-0.39, 0.29) is 6.04 Å². The highest BCUT2D eigenvalue weighted by Gasteiger charge is 2.45. The van der Waals surface area contributed by atoms with Gasteiger partial charge in [0, 0.05) is 14.6 Å². The number of urea groups is 1. The Labute approximate surface area is 141 Å². The van der Waals surface area contributed by atoms with Crippen LogP contribution >= 0.6 is 34.2 Å². The van der Waals surface area contributed by atoms with Gasteiger partial charge in [-0.3, -0.25) is 4.79 Å². The molecule has 0 radical (unpaired) electrons. The molecule has 114 valence electrons. The number of carbonyl (C=O) groups excluding carboxylic acids is 1. The van der Waals surface area contributed by atoms with E-state index >= 15 is 0 Å². The predicted molar refractivity (Wildman–Crippen MR) is 89.7 cm³/mol. The fourth-order valence-corrected chi connectivity index (χ4v) is 3.57. The van der Waals surface area contributed by atoms with Crippen molar-refractivity contribution in [1.29, 1.82) is 0 Å². The molecule has 0 bridgehead atoms. The standard InChI is InChI=1S/C14H16ClIN2O3/c1-14(12(19)20)6-2-3-11(14)18-13(21)17-10-5-4-8(15)7-9(10)16/h4-5,7,11H,2-3,6H2,1H3,(H,19,20)(H2,17,18,21). The number of carboxylic acid groups (broad SMARTS) is 1. The van der Waals surface area contributed by atoms with Crippen LogP contribution in [0.3, 0.4) is 0 Å². The van der Waals surface area contributed by atoms with Gasteiger partial charge in [-0.25, -0.2) is 4.79 Å². The van der Waals surface area contributed by atoms with Crippen LogP contribution in [0.2, 0.25) is 5.02 Å². The van der Waals surface area contributed by atoms with Crippen LogP contribution in [-0.4, -0.2) is 23.1 Å². The zero-order chi connectivity index (χ0) is 15.6. The second-order valence-corrected chi connectivity index (χ2v) is 6.99. The Morgan fingerprint density at radius 2 is 2.19 bits per heavy atom. The average Bonchev–Trinajstić information content (AvgIpc) is 2.76. The molecule has 1 aromatic carbocycles. The van der Waals surface area contributed by atoms with Crippen molar-refractivity contribution < 1.29 is 14.7 Å². The highest BCUT2D eigenvalue weighted by Crippen LogP contribution is 2.38. The van der Waals surface area contributed by atoms with Gasteiger partial charge in [0.15, 0.2) is 0 Å². The lowest BCUT2D eigenvalue weighted by atomic mass is 9.85. The molecule has 1 fully saturated rings. The molecule has 2 amide bonds. The lowest BCUT2D eigenvalue weighted by Crippen LogP contribution is -2.48. The first kappa shape index (κ1) is 16.4. The zero-order valence-corrected chi connectivity index (χ0v) is 14.4. The molecule has 7 heteroatoms. The fraction of sp³-hybridized carbons (Fsp3) is 0.429. The topological polar surface area (TPSA) is 78.4 Å². The normalized spacial score (nSPS) is 24.6. The van der Waals surface area contributed by atoms with Crippen molar-refractivity contribution in [2.24, 2.45) is 5.41 Å². The molecule has 0 aromatic heterocycles. The lowest BCUT2D eigenvalue weighted by Gasteiger charge is -2.27. The Morgan fingerprint density at radius 1 is 1.48 bits per heavy atom. The Bertz CT molecular complexity index is 581. The summed E-state index contributed by atoms with van der Waals surface area (Å²) >= 11 is 7.95. The predicted octanol–water partition coefficient (Wildman–Crippen LogP) is 3.71. The molecule has 1 aromatic rings. The molecule has 1 saturated carbocycles. The number of halogens is 2. The molecule has 1 aliphatic rings. The third-order valence-corrected chi connectivity index (χ3v) is 5.06. The maximum absolute atomic E-state index is 12.1. The second kappa shape index (κ2) is 6.39. The smallest absolute Gasteiger partial charge is 0.319 e. The molecule has 0 saturated heterocycles. The largest absolute Gasteiger partial charge is 0.481 e. The van der Waals surface area contributed by atoms with Crippen LogP contribution < -0.4 is 10.6 Å². The van der Waals surface area contributed by atoms with Gasteiger partial charge in [-0.1, -0.05) is 18.0 Å². The average molecular weight is 423 g/mol. The number of carbonyl (C=O) groups is 2. The molecule has 0 aliphatic heterocycles. The van der Waals surface area contributed by atoms with Crippen molar-refractivity contribution in [3.05, 3.63) is 26.8 Å². The number of hydrogen-bond acceptors (Lipinski definition) is 2. The van der Waals surface area contributed by atoms with Gasteiger partial charge in [-0.2, -0.15) is 0 Å². The van der Waals surface area contributed by atoms with Crippen molar-refractivity contribution in [3.63, 3.8) is 0 Å². The van der Waals surface area contributed by atoms with Gasteiger partial charge in [0.1, 0.15) is 0 Å². The summed E-state index contributed by atoms with van der Waals surface area (Å²) in [6.45, 7) is 1.68. The van der Waals surface area contributed by atoms with Crippen LogP contribution in [0, 0.1) is 8.99 Å². The summed E-state index contributed by atoms with van der Waals surface area (Å²) in [5, 5.41) is 15.4. The molecule has 21 heavy (non-hydrogen) atoms. The minimum absolute atomic E-state index is 0.361.